The SMILES string of the molecule is O=C(NCCCOCc1ccco1)C(=O)Nc1cccc(S(=O)(=O)C2CCCC2)c1. The van der Waals surface area contributed by atoms with E-state index in [0.29, 0.717) is 32.5 Å². The van der Waals surface area contributed by atoms with Gasteiger partial charge >= 0.3 is 11.8 Å². The van der Waals surface area contributed by atoms with Gasteiger partial charge in [0.2, 0.25) is 0 Å². The van der Waals surface area contributed by atoms with E-state index in [0.717, 1.165) is 18.6 Å². The highest BCUT2D eigenvalue weighted by molar-refractivity contribution is 7.92. The third kappa shape index (κ3) is 5.93. The van der Waals surface area contributed by atoms with Crippen LogP contribution in [0.1, 0.15) is 37.9 Å². The fourth-order valence-electron chi connectivity index (χ4n) is 3.35. The smallest absolute Gasteiger partial charge is 0.313 e. The summed E-state index contributed by atoms with van der Waals surface area (Å²) in [5, 5.41) is 4.60. The molecule has 9 heteroatoms. The molecule has 1 aliphatic rings. The third-order valence-corrected chi connectivity index (χ3v) is 7.20. The lowest BCUT2D eigenvalue weighted by molar-refractivity contribution is -0.136. The van der Waals surface area contributed by atoms with Gasteiger partial charge in [-0.05, 0) is 49.6 Å². The molecule has 0 radical (unpaired) electrons. The number of furan rings is 1. The van der Waals surface area contributed by atoms with Crippen molar-refractivity contribution in [3.63, 3.8) is 0 Å². The van der Waals surface area contributed by atoms with Crippen LogP contribution in [0, 0.1) is 0 Å². The average molecular weight is 435 g/mol. The zero-order valence-electron chi connectivity index (χ0n) is 16.6. The van der Waals surface area contributed by atoms with Crippen LogP contribution >= 0.6 is 0 Å². The summed E-state index contributed by atoms with van der Waals surface area (Å²) in [6.45, 7) is 1.03. The second-order valence-electron chi connectivity index (χ2n) is 7.17. The second kappa shape index (κ2) is 10.4. The Morgan fingerprint density at radius 3 is 2.63 bits per heavy atom. The standard InChI is InChI=1S/C21H26N2O6S/c24-20(22-11-5-12-28-15-17-7-4-13-29-17)21(25)23-16-6-3-10-19(14-16)30(26,27)18-8-1-2-9-18/h3-4,6-7,10,13-14,18H,1-2,5,8-9,11-12,15H2,(H,22,24)(H,23,25). The molecule has 2 amide bonds. The lowest BCUT2D eigenvalue weighted by Crippen LogP contribution is -2.36. The molecule has 1 aliphatic carbocycles. The minimum Gasteiger partial charge on any atom is -0.467 e. The lowest BCUT2D eigenvalue weighted by atomic mass is 10.3. The predicted molar refractivity (Wildman–Crippen MR) is 111 cm³/mol. The quantitative estimate of drug-likeness (QED) is 0.463. The summed E-state index contributed by atoms with van der Waals surface area (Å²) in [6, 6.07) is 9.62. The third-order valence-electron chi connectivity index (χ3n) is 4.94. The molecule has 2 N–H and O–H groups in total. The molecule has 162 valence electrons. The van der Waals surface area contributed by atoms with E-state index in [-0.39, 0.29) is 22.4 Å². The Labute approximate surface area is 175 Å². The van der Waals surface area contributed by atoms with E-state index >= 15 is 0 Å². The fraction of sp³-hybridized carbons (Fsp3) is 0.429. The van der Waals surface area contributed by atoms with Crippen LogP contribution in [-0.4, -0.2) is 38.6 Å². The summed E-state index contributed by atoms with van der Waals surface area (Å²) >= 11 is 0. The number of carbonyl (C=O) groups excluding carboxylic acids is 2. The van der Waals surface area contributed by atoms with E-state index in [1.807, 2.05) is 0 Å². The summed E-state index contributed by atoms with van der Waals surface area (Å²) in [4.78, 5) is 24.2. The number of sulfone groups is 1. The maximum absolute atomic E-state index is 12.7. The van der Waals surface area contributed by atoms with Crippen molar-refractivity contribution in [1.82, 2.24) is 5.32 Å². The molecule has 1 heterocycles. The molecule has 0 atom stereocenters. The first-order chi connectivity index (χ1) is 14.5. The number of hydrogen-bond acceptors (Lipinski definition) is 6. The molecule has 3 rings (SSSR count). The number of rotatable bonds is 9. The van der Waals surface area contributed by atoms with Gasteiger partial charge in [0.15, 0.2) is 9.84 Å². The number of amides is 2. The van der Waals surface area contributed by atoms with Crippen molar-refractivity contribution in [2.45, 2.75) is 48.9 Å². The molecular weight excluding hydrogens is 408 g/mol. The molecular formula is C21H26N2O6S. The van der Waals surface area contributed by atoms with E-state index < -0.39 is 21.7 Å². The molecule has 1 saturated carbocycles. The molecule has 1 aromatic heterocycles. The predicted octanol–water partition coefficient (Wildman–Crippen LogP) is 2.66. The zero-order chi connectivity index (χ0) is 21.4. The molecule has 0 unspecified atom stereocenters. The molecule has 0 saturated heterocycles. The highest BCUT2D eigenvalue weighted by Crippen LogP contribution is 2.30. The van der Waals surface area contributed by atoms with Crippen LogP contribution in [0.25, 0.3) is 0 Å². The first-order valence-electron chi connectivity index (χ1n) is 10.00. The van der Waals surface area contributed by atoms with E-state index in [4.69, 9.17) is 9.15 Å². The van der Waals surface area contributed by atoms with Gasteiger partial charge in [-0.3, -0.25) is 9.59 Å². The van der Waals surface area contributed by atoms with Gasteiger partial charge in [0.05, 0.1) is 16.4 Å². The molecule has 1 fully saturated rings. The molecule has 0 spiro atoms. The van der Waals surface area contributed by atoms with Gasteiger partial charge in [-0.2, -0.15) is 0 Å². The van der Waals surface area contributed by atoms with Crippen LogP contribution in [0.4, 0.5) is 5.69 Å². The van der Waals surface area contributed by atoms with Gasteiger partial charge in [-0.15, -0.1) is 0 Å². The number of ether oxygens (including phenoxy) is 1. The van der Waals surface area contributed by atoms with Gasteiger partial charge < -0.3 is 19.8 Å². The number of hydrogen-bond donors (Lipinski definition) is 2. The van der Waals surface area contributed by atoms with Gasteiger partial charge in [0, 0.05) is 18.8 Å². The van der Waals surface area contributed by atoms with Gasteiger partial charge in [-0.25, -0.2) is 8.42 Å². The Kier molecular flexibility index (Phi) is 7.64. The van der Waals surface area contributed by atoms with Gasteiger partial charge in [-0.1, -0.05) is 18.9 Å². The minimum atomic E-state index is -3.43. The largest absolute Gasteiger partial charge is 0.467 e. The van der Waals surface area contributed by atoms with Crippen molar-refractivity contribution in [3.05, 3.63) is 48.4 Å². The Morgan fingerprint density at radius 1 is 1.10 bits per heavy atom. The first-order valence-corrected chi connectivity index (χ1v) is 11.5. The molecule has 1 aromatic carbocycles. The second-order valence-corrected chi connectivity index (χ2v) is 9.40. The Balaban J connectivity index is 1.43. The van der Waals surface area contributed by atoms with Crippen LogP contribution in [0.5, 0.6) is 0 Å². The molecule has 30 heavy (non-hydrogen) atoms. The molecule has 0 bridgehead atoms. The van der Waals surface area contributed by atoms with Crippen LogP contribution in [0.3, 0.4) is 0 Å². The summed E-state index contributed by atoms with van der Waals surface area (Å²) in [5.41, 5.74) is 0.274. The Bertz CT molecular complexity index is 950. The molecule has 0 aliphatic heterocycles. The van der Waals surface area contributed by atoms with Crippen molar-refractivity contribution in [1.29, 1.82) is 0 Å². The van der Waals surface area contributed by atoms with Crippen LogP contribution in [0.2, 0.25) is 0 Å². The number of anilines is 1. The highest BCUT2D eigenvalue weighted by Gasteiger charge is 2.30. The summed E-state index contributed by atoms with van der Waals surface area (Å²) in [6.07, 6.45) is 5.24. The van der Waals surface area contributed by atoms with E-state index in [1.54, 1.807) is 30.5 Å². The van der Waals surface area contributed by atoms with E-state index in [9.17, 15) is 18.0 Å². The minimum absolute atomic E-state index is 0.168. The average Bonchev–Trinajstić information content (AvgIpc) is 3.45. The van der Waals surface area contributed by atoms with E-state index in [1.165, 1.54) is 12.1 Å². The fourth-order valence-corrected chi connectivity index (χ4v) is 5.25. The Hall–Kier alpha value is -2.65. The van der Waals surface area contributed by atoms with E-state index in [2.05, 4.69) is 10.6 Å². The van der Waals surface area contributed by atoms with Crippen molar-refractivity contribution in [2.75, 3.05) is 18.5 Å². The first kappa shape index (κ1) is 22.0. The maximum Gasteiger partial charge on any atom is 0.313 e. The summed E-state index contributed by atoms with van der Waals surface area (Å²) in [7, 11) is -3.43. The summed E-state index contributed by atoms with van der Waals surface area (Å²) in [5.74, 6) is -0.914. The zero-order valence-corrected chi connectivity index (χ0v) is 17.4. The van der Waals surface area contributed by atoms with Crippen LogP contribution in [0.15, 0.2) is 52.0 Å². The van der Waals surface area contributed by atoms with Crippen LogP contribution < -0.4 is 10.6 Å². The Morgan fingerprint density at radius 2 is 1.90 bits per heavy atom. The maximum atomic E-state index is 12.7. The van der Waals surface area contributed by atoms with Crippen LogP contribution in [-0.2, 0) is 30.8 Å². The normalized spacial score (nSPS) is 14.5. The molecule has 2 aromatic rings. The van der Waals surface area contributed by atoms with Crippen molar-refractivity contribution in [2.24, 2.45) is 0 Å². The summed E-state index contributed by atoms with van der Waals surface area (Å²) < 4.78 is 35.9. The van der Waals surface area contributed by atoms with Crippen molar-refractivity contribution < 1.29 is 27.2 Å². The number of carbonyl (C=O) groups is 2. The number of benzene rings is 1. The molecule has 8 nitrogen and oxygen atoms in total. The van der Waals surface area contributed by atoms with Crippen molar-refractivity contribution in [3.8, 4) is 0 Å². The number of nitrogens with one attached hydrogen (secondary N) is 2. The van der Waals surface area contributed by atoms with Gasteiger partial charge in [0.1, 0.15) is 12.4 Å². The van der Waals surface area contributed by atoms with Gasteiger partial charge in [0.25, 0.3) is 0 Å². The topological polar surface area (TPSA) is 115 Å². The van der Waals surface area contributed by atoms with Crippen molar-refractivity contribution >= 4 is 27.3 Å². The highest BCUT2D eigenvalue weighted by atomic mass is 32.2. The lowest BCUT2D eigenvalue weighted by Gasteiger charge is -2.12. The monoisotopic (exact) mass is 434 g/mol.